The van der Waals surface area contributed by atoms with Crippen LogP contribution in [0.5, 0.6) is 0 Å². The van der Waals surface area contributed by atoms with Crippen molar-refractivity contribution in [3.8, 4) is 0 Å². The van der Waals surface area contributed by atoms with Gasteiger partial charge in [-0.3, -0.25) is 30.6 Å². The van der Waals surface area contributed by atoms with Gasteiger partial charge in [-0.1, -0.05) is 60.7 Å². The smallest absolute Gasteiger partial charge is 0.383 e. The topological polar surface area (TPSA) is 316 Å². The number of fused-ring (bicyclic) bond motifs is 6. The number of rotatable bonds is 8. The molecule has 414 valence electrons. The molecule has 12 heterocycles. The summed E-state index contributed by atoms with van der Waals surface area (Å²) in [6, 6.07) is 46.7. The Morgan fingerprint density at radius 1 is 0.405 bits per heavy atom. The first-order valence-corrected chi connectivity index (χ1v) is 26.2. The molecule has 0 aliphatic carbocycles. The summed E-state index contributed by atoms with van der Waals surface area (Å²) in [6.45, 7) is 4.09. The quantitative estimate of drug-likeness (QED) is 0.0633. The van der Waals surface area contributed by atoms with Crippen molar-refractivity contribution in [2.45, 2.75) is 36.5 Å². The van der Waals surface area contributed by atoms with Crippen molar-refractivity contribution in [1.29, 1.82) is 0 Å². The number of aromatic amines is 4. The van der Waals surface area contributed by atoms with Crippen LogP contribution in [0.4, 0.5) is 23.8 Å². The third-order valence-corrected chi connectivity index (χ3v) is 14.4. The Balaban J connectivity index is 0.000000263. The predicted molar refractivity (Wildman–Crippen MR) is 330 cm³/mol. The normalized spacial score (nSPS) is 20.7. The third-order valence-electron chi connectivity index (χ3n) is 14.4. The summed E-state index contributed by atoms with van der Waals surface area (Å²) in [4.78, 5) is 70.5. The summed E-state index contributed by atoms with van der Waals surface area (Å²) >= 11 is 0. The molecule has 0 unspecified atom stereocenters. The molecule has 10 N–H and O–H groups in total. The van der Waals surface area contributed by atoms with E-state index in [4.69, 9.17) is 40.6 Å². The summed E-state index contributed by atoms with van der Waals surface area (Å²) in [7, 11) is 0. The summed E-state index contributed by atoms with van der Waals surface area (Å²) in [6.07, 6.45) is 10.4. The summed E-state index contributed by atoms with van der Waals surface area (Å²) in [5, 5.41) is 30.3. The standard InChI is InChI=1S/2C29H23N12.2Zn.7H2/c2*1-17-11-12-21-22(15-17)35-25(34-21)37-27-39-28(18-7-6-13-30-16-18)29(41-27,23-10-4-5-14-31-23)40-26(38-28)36-24-32-19-8-2-3-9-20(19)33-24;;;;;;;;;/h2*2-16H,1H3,(H5-,32,33,34,35,36,37,38,39,40,41);;;7*1H/q2*-1;2*+2;;;;;;;/t2*28-,29+;;;;;;;;;/m00........./s1. The average molecular weight is 1220 g/mol. The number of nitrogens with one attached hydrogen (secondary N) is 10. The molecular weight excluding hydrogens is 1160 g/mol. The van der Waals surface area contributed by atoms with Crippen LogP contribution in [0.1, 0.15) is 43.6 Å². The zero-order chi connectivity index (χ0) is 54.9. The molecular formula is C58H60N24Zn2+2. The van der Waals surface area contributed by atoms with Crippen LogP contribution in [-0.4, -0.2) is 83.6 Å². The van der Waals surface area contributed by atoms with Crippen LogP contribution in [0.25, 0.3) is 54.8 Å². The van der Waals surface area contributed by atoms with Crippen LogP contribution in [-0.2, 0) is 61.6 Å². The first-order valence-electron chi connectivity index (χ1n) is 26.2. The van der Waals surface area contributed by atoms with E-state index in [-0.39, 0.29) is 48.9 Å². The number of guanidine groups is 4. The van der Waals surface area contributed by atoms with E-state index in [9.17, 15) is 0 Å². The average Bonchev–Trinajstić information content (AvgIpc) is 1.56. The third kappa shape index (κ3) is 8.98. The number of aromatic nitrogens is 12. The van der Waals surface area contributed by atoms with Crippen molar-refractivity contribution in [1.82, 2.24) is 70.4 Å². The number of aryl methyl sites for hydroxylation is 2. The predicted octanol–water partition coefficient (Wildman–Crippen LogP) is 10.7. The SMILES string of the molecule is Cc1ccc2nc(NC3=N[C@]4(c5cccnc5)[N-]C(Nc5nc6ccccc6[nH]5)=N[C@]4(c4ccccn4)N3)[nH]c2c1.Cc1ccc2nc(NC3=N[C@]4(c5cccnc5)[N-]C(Nc5nc6ccccc6[nH]5)=N[C@]4(c4ccccn4)N3)[nH]c2c1.[HH].[HH].[HH].[HH].[HH].[HH].[HH].[Zn+2].[Zn+2]. The molecule has 26 heteroatoms. The number of hydrogen-bond donors (Lipinski definition) is 10. The van der Waals surface area contributed by atoms with Gasteiger partial charge < -0.3 is 61.8 Å². The molecule has 4 atom stereocenters. The zero-order valence-electron chi connectivity index (χ0n) is 45.0. The van der Waals surface area contributed by atoms with Crippen LogP contribution in [0, 0.1) is 13.8 Å². The maximum absolute atomic E-state index is 5.12. The molecule has 4 aromatic carbocycles. The largest absolute Gasteiger partial charge is 2.00 e. The Kier molecular flexibility index (Phi) is 13.2. The molecule has 0 spiro atoms. The Labute approximate surface area is 513 Å². The molecule has 8 aromatic heterocycles. The van der Waals surface area contributed by atoms with Crippen LogP contribution in [0.15, 0.2) is 203 Å². The van der Waals surface area contributed by atoms with Gasteiger partial charge in [0, 0.05) is 70.2 Å². The van der Waals surface area contributed by atoms with Crippen molar-refractivity contribution in [2.24, 2.45) is 20.0 Å². The summed E-state index contributed by atoms with van der Waals surface area (Å²) in [5.74, 6) is 3.67. The van der Waals surface area contributed by atoms with Crippen molar-refractivity contribution in [3.63, 3.8) is 0 Å². The molecule has 0 bridgehead atoms. The Bertz CT molecular complexity index is 4230. The van der Waals surface area contributed by atoms with E-state index in [2.05, 4.69) is 81.7 Å². The maximum atomic E-state index is 5.12. The number of anilines is 4. The molecule has 84 heavy (non-hydrogen) atoms. The van der Waals surface area contributed by atoms with Crippen molar-refractivity contribution < 1.29 is 48.9 Å². The fourth-order valence-corrected chi connectivity index (χ4v) is 10.8. The van der Waals surface area contributed by atoms with Gasteiger partial charge in [0.1, 0.15) is 11.9 Å². The van der Waals surface area contributed by atoms with Crippen LogP contribution >= 0.6 is 0 Å². The van der Waals surface area contributed by atoms with Gasteiger partial charge in [0.05, 0.1) is 55.5 Å². The molecule has 0 amide bonds. The van der Waals surface area contributed by atoms with Crippen LogP contribution < -0.4 is 31.9 Å². The van der Waals surface area contributed by atoms with E-state index in [0.29, 0.717) is 59.0 Å². The number of hydrogen-bond acceptors (Lipinski definition) is 18. The Morgan fingerprint density at radius 3 is 1.21 bits per heavy atom. The molecule has 12 aromatic rings. The minimum atomic E-state index is -1.27. The second-order valence-corrected chi connectivity index (χ2v) is 19.9. The van der Waals surface area contributed by atoms with Gasteiger partial charge >= 0.3 is 39.0 Å². The van der Waals surface area contributed by atoms with Crippen molar-refractivity contribution in [2.75, 3.05) is 21.3 Å². The van der Waals surface area contributed by atoms with E-state index < -0.39 is 22.7 Å². The van der Waals surface area contributed by atoms with Gasteiger partial charge in [0.25, 0.3) is 0 Å². The van der Waals surface area contributed by atoms with E-state index in [1.807, 2.05) is 159 Å². The van der Waals surface area contributed by atoms with Gasteiger partial charge in [-0.25, -0.2) is 29.9 Å². The number of aliphatic imine (C=N–C) groups is 4. The number of benzene rings is 4. The summed E-state index contributed by atoms with van der Waals surface area (Å²) < 4.78 is 0. The number of pyridine rings is 4. The van der Waals surface area contributed by atoms with Gasteiger partial charge in [-0.2, -0.15) is 0 Å². The molecule has 0 saturated heterocycles. The van der Waals surface area contributed by atoms with E-state index in [1.54, 1.807) is 37.2 Å². The fourth-order valence-electron chi connectivity index (χ4n) is 10.8. The van der Waals surface area contributed by atoms with E-state index in [0.717, 1.165) is 66.4 Å². The summed E-state index contributed by atoms with van der Waals surface area (Å²) in [5.41, 5.74) is 7.04. The molecule has 24 nitrogen and oxygen atoms in total. The monoisotopic (exact) mass is 1220 g/mol. The van der Waals surface area contributed by atoms with Gasteiger partial charge in [-0.05, 0) is 110 Å². The van der Waals surface area contributed by atoms with Crippen molar-refractivity contribution in [3.05, 3.63) is 227 Å². The Hall–Kier alpha value is -10.3. The minimum Gasteiger partial charge on any atom is -0.383 e. The number of H-pyrrole nitrogens is 4. The number of imidazole rings is 4. The molecule has 16 rings (SSSR count). The first-order chi connectivity index (χ1) is 40.2. The minimum absolute atomic E-state index is 0. The zero-order valence-corrected chi connectivity index (χ0v) is 50.9. The van der Waals surface area contributed by atoms with Crippen LogP contribution in [0.3, 0.4) is 0 Å². The van der Waals surface area contributed by atoms with E-state index >= 15 is 0 Å². The fraction of sp³-hybridized carbons (Fsp3) is 0.103. The first kappa shape index (κ1) is 53.0. The van der Waals surface area contributed by atoms with Gasteiger partial charge in [-0.15, -0.1) is 0 Å². The second kappa shape index (κ2) is 20.9. The number of nitrogens with zero attached hydrogens (tertiary/aromatic N) is 14. The molecule has 0 saturated carbocycles. The van der Waals surface area contributed by atoms with Gasteiger partial charge in [0.2, 0.25) is 23.8 Å². The second-order valence-electron chi connectivity index (χ2n) is 19.9. The molecule has 4 aliphatic heterocycles. The maximum Gasteiger partial charge on any atom is 2.00 e. The van der Waals surface area contributed by atoms with E-state index in [1.165, 1.54) is 0 Å². The Morgan fingerprint density at radius 2 is 0.810 bits per heavy atom. The number of para-hydroxylation sites is 4. The van der Waals surface area contributed by atoms with Crippen molar-refractivity contribution >= 4 is 91.8 Å². The van der Waals surface area contributed by atoms with Crippen LogP contribution in [0.2, 0.25) is 0 Å². The van der Waals surface area contributed by atoms with Gasteiger partial charge in [0.15, 0.2) is 22.7 Å². The molecule has 0 fully saturated rings. The molecule has 4 aliphatic rings. The molecule has 0 radical (unpaired) electrons.